The molecule has 3 heterocycles. The molecule has 0 bridgehead atoms. The Bertz CT molecular complexity index is 524. The van der Waals surface area contributed by atoms with Crippen LogP contribution >= 0.6 is 0 Å². The first kappa shape index (κ1) is 12.1. The summed E-state index contributed by atoms with van der Waals surface area (Å²) in [7, 11) is 0. The smallest absolute Gasteiger partial charge is 0.225 e. The molecular formula is C15H18N4. The van der Waals surface area contributed by atoms with Crippen molar-refractivity contribution >= 4 is 5.95 Å². The van der Waals surface area contributed by atoms with Gasteiger partial charge in [0.1, 0.15) is 0 Å². The highest BCUT2D eigenvalue weighted by atomic mass is 15.3. The molecule has 4 nitrogen and oxygen atoms in total. The zero-order valence-corrected chi connectivity index (χ0v) is 11.2. The molecular weight excluding hydrogens is 236 g/mol. The zero-order chi connectivity index (χ0) is 13.1. The SMILES string of the molecule is Cc1ccc(CC2CCN(c3ncccn3)C2)nc1. The fraction of sp³-hybridized carbons (Fsp3) is 0.400. The molecule has 19 heavy (non-hydrogen) atoms. The summed E-state index contributed by atoms with van der Waals surface area (Å²) in [5.74, 6) is 1.50. The van der Waals surface area contributed by atoms with E-state index in [1.54, 1.807) is 12.4 Å². The van der Waals surface area contributed by atoms with E-state index in [4.69, 9.17) is 0 Å². The van der Waals surface area contributed by atoms with Crippen LogP contribution in [0.1, 0.15) is 17.7 Å². The second-order valence-corrected chi connectivity index (χ2v) is 5.18. The van der Waals surface area contributed by atoms with Gasteiger partial charge in [0.25, 0.3) is 0 Å². The summed E-state index contributed by atoms with van der Waals surface area (Å²) in [6.45, 7) is 4.14. The van der Waals surface area contributed by atoms with E-state index in [1.807, 2.05) is 12.3 Å². The number of hydrogen-bond acceptors (Lipinski definition) is 4. The molecule has 0 radical (unpaired) electrons. The Morgan fingerprint density at radius 1 is 1.21 bits per heavy atom. The summed E-state index contributed by atoms with van der Waals surface area (Å²) in [5, 5.41) is 0. The van der Waals surface area contributed by atoms with Crippen LogP contribution in [0.3, 0.4) is 0 Å². The monoisotopic (exact) mass is 254 g/mol. The second-order valence-electron chi connectivity index (χ2n) is 5.18. The highest BCUT2D eigenvalue weighted by Gasteiger charge is 2.24. The zero-order valence-electron chi connectivity index (χ0n) is 11.2. The Kier molecular flexibility index (Phi) is 3.40. The molecule has 2 aromatic heterocycles. The van der Waals surface area contributed by atoms with Crippen molar-refractivity contribution in [2.24, 2.45) is 5.92 Å². The second kappa shape index (κ2) is 5.34. The largest absolute Gasteiger partial charge is 0.341 e. The van der Waals surface area contributed by atoms with E-state index < -0.39 is 0 Å². The molecule has 0 amide bonds. The Hall–Kier alpha value is -1.97. The molecule has 0 spiro atoms. The minimum Gasteiger partial charge on any atom is -0.341 e. The van der Waals surface area contributed by atoms with Crippen LogP contribution < -0.4 is 4.90 Å². The van der Waals surface area contributed by atoms with Crippen LogP contribution in [0, 0.1) is 12.8 Å². The molecule has 4 heteroatoms. The van der Waals surface area contributed by atoms with E-state index >= 15 is 0 Å². The van der Waals surface area contributed by atoms with E-state index in [-0.39, 0.29) is 0 Å². The number of nitrogens with zero attached hydrogens (tertiary/aromatic N) is 4. The number of aryl methyl sites for hydroxylation is 1. The number of aromatic nitrogens is 3. The molecule has 2 aromatic rings. The molecule has 1 atom stereocenters. The van der Waals surface area contributed by atoms with Gasteiger partial charge in [-0.15, -0.1) is 0 Å². The van der Waals surface area contributed by atoms with E-state index in [9.17, 15) is 0 Å². The van der Waals surface area contributed by atoms with Crippen molar-refractivity contribution in [1.29, 1.82) is 0 Å². The lowest BCUT2D eigenvalue weighted by Crippen LogP contribution is -2.22. The van der Waals surface area contributed by atoms with Crippen molar-refractivity contribution < 1.29 is 0 Å². The lowest BCUT2D eigenvalue weighted by Gasteiger charge is -2.15. The molecule has 0 saturated carbocycles. The average molecular weight is 254 g/mol. The highest BCUT2D eigenvalue weighted by Crippen LogP contribution is 2.22. The summed E-state index contributed by atoms with van der Waals surface area (Å²) in [5.41, 5.74) is 2.40. The van der Waals surface area contributed by atoms with Crippen molar-refractivity contribution in [2.45, 2.75) is 19.8 Å². The molecule has 98 valence electrons. The predicted octanol–water partition coefficient (Wildman–Crippen LogP) is 2.25. The van der Waals surface area contributed by atoms with Crippen LogP contribution in [0.5, 0.6) is 0 Å². The fourth-order valence-corrected chi connectivity index (χ4v) is 2.55. The first-order chi connectivity index (χ1) is 9.31. The van der Waals surface area contributed by atoms with Crippen molar-refractivity contribution in [1.82, 2.24) is 15.0 Å². The molecule has 0 aliphatic carbocycles. The van der Waals surface area contributed by atoms with E-state index in [2.05, 4.69) is 38.9 Å². The first-order valence-electron chi connectivity index (χ1n) is 6.75. The summed E-state index contributed by atoms with van der Waals surface area (Å²) >= 11 is 0. The molecule has 1 unspecified atom stereocenters. The Morgan fingerprint density at radius 3 is 2.79 bits per heavy atom. The maximum Gasteiger partial charge on any atom is 0.225 e. The van der Waals surface area contributed by atoms with Crippen LogP contribution in [0.4, 0.5) is 5.95 Å². The third-order valence-electron chi connectivity index (χ3n) is 3.59. The molecule has 1 fully saturated rings. The van der Waals surface area contributed by atoms with Crippen molar-refractivity contribution in [2.75, 3.05) is 18.0 Å². The minimum absolute atomic E-state index is 0.652. The van der Waals surface area contributed by atoms with Crippen molar-refractivity contribution in [3.63, 3.8) is 0 Å². The van der Waals surface area contributed by atoms with Gasteiger partial charge in [-0.25, -0.2) is 9.97 Å². The quantitative estimate of drug-likeness (QED) is 0.842. The predicted molar refractivity (Wildman–Crippen MR) is 75.0 cm³/mol. The summed E-state index contributed by atoms with van der Waals surface area (Å²) < 4.78 is 0. The lowest BCUT2D eigenvalue weighted by atomic mass is 10.0. The molecule has 0 aromatic carbocycles. The van der Waals surface area contributed by atoms with Crippen LogP contribution in [0.2, 0.25) is 0 Å². The Labute approximate surface area is 113 Å². The first-order valence-corrected chi connectivity index (χ1v) is 6.75. The molecule has 0 N–H and O–H groups in total. The number of pyridine rings is 1. The Balaban J connectivity index is 1.62. The maximum absolute atomic E-state index is 4.49. The number of anilines is 1. The van der Waals surface area contributed by atoms with Crippen LogP contribution in [0.25, 0.3) is 0 Å². The average Bonchev–Trinajstić information content (AvgIpc) is 2.91. The van der Waals surface area contributed by atoms with E-state index in [0.717, 1.165) is 25.5 Å². The third kappa shape index (κ3) is 2.89. The Morgan fingerprint density at radius 2 is 2.05 bits per heavy atom. The van der Waals surface area contributed by atoms with Gasteiger partial charge < -0.3 is 4.90 Å². The normalized spacial score (nSPS) is 18.8. The van der Waals surface area contributed by atoms with Gasteiger partial charge in [-0.3, -0.25) is 4.98 Å². The lowest BCUT2D eigenvalue weighted by molar-refractivity contribution is 0.577. The van der Waals surface area contributed by atoms with Gasteiger partial charge >= 0.3 is 0 Å². The third-order valence-corrected chi connectivity index (χ3v) is 3.59. The number of hydrogen-bond donors (Lipinski definition) is 0. The van der Waals surface area contributed by atoms with E-state index in [1.165, 1.54) is 17.7 Å². The minimum atomic E-state index is 0.652. The van der Waals surface area contributed by atoms with Gasteiger partial charge in [0, 0.05) is 37.4 Å². The van der Waals surface area contributed by atoms with Crippen LogP contribution in [-0.2, 0) is 6.42 Å². The van der Waals surface area contributed by atoms with Gasteiger partial charge in [-0.05, 0) is 43.4 Å². The topological polar surface area (TPSA) is 41.9 Å². The van der Waals surface area contributed by atoms with Crippen molar-refractivity contribution in [3.8, 4) is 0 Å². The maximum atomic E-state index is 4.49. The fourth-order valence-electron chi connectivity index (χ4n) is 2.55. The molecule has 1 aliphatic heterocycles. The molecule has 1 aliphatic rings. The van der Waals surface area contributed by atoms with Crippen LogP contribution in [0.15, 0.2) is 36.8 Å². The standard InChI is InChI=1S/C15H18N4/c1-12-3-4-14(18-10-12)9-13-5-8-19(11-13)15-16-6-2-7-17-15/h2-4,6-7,10,13H,5,8-9,11H2,1H3. The summed E-state index contributed by atoms with van der Waals surface area (Å²) in [6, 6.07) is 6.12. The van der Waals surface area contributed by atoms with E-state index in [0.29, 0.717) is 5.92 Å². The van der Waals surface area contributed by atoms with Gasteiger partial charge in [-0.2, -0.15) is 0 Å². The van der Waals surface area contributed by atoms with Crippen molar-refractivity contribution in [3.05, 3.63) is 48.0 Å². The molecule has 1 saturated heterocycles. The van der Waals surface area contributed by atoms with Gasteiger partial charge in [0.05, 0.1) is 0 Å². The number of rotatable bonds is 3. The summed E-state index contributed by atoms with van der Waals surface area (Å²) in [6.07, 6.45) is 7.79. The summed E-state index contributed by atoms with van der Waals surface area (Å²) in [4.78, 5) is 15.4. The van der Waals surface area contributed by atoms with Crippen LogP contribution in [-0.4, -0.2) is 28.0 Å². The highest BCUT2D eigenvalue weighted by molar-refractivity contribution is 5.30. The van der Waals surface area contributed by atoms with Gasteiger partial charge in [0.2, 0.25) is 5.95 Å². The van der Waals surface area contributed by atoms with Gasteiger partial charge in [0.15, 0.2) is 0 Å². The van der Waals surface area contributed by atoms with Gasteiger partial charge in [-0.1, -0.05) is 6.07 Å². The molecule has 3 rings (SSSR count).